The number of thiazole rings is 1. The first-order valence-corrected chi connectivity index (χ1v) is 5.64. The van der Waals surface area contributed by atoms with Gasteiger partial charge in [0, 0.05) is 36.6 Å². The van der Waals surface area contributed by atoms with Crippen molar-refractivity contribution in [3.05, 3.63) is 23.5 Å². The van der Waals surface area contributed by atoms with Gasteiger partial charge in [0.15, 0.2) is 10.8 Å². The number of aromatic nitrogens is 3. The third kappa shape index (κ3) is 1.93. The Morgan fingerprint density at radius 1 is 1.47 bits per heavy atom. The van der Waals surface area contributed by atoms with Crippen LogP contribution in [0.4, 0.5) is 0 Å². The Morgan fingerprint density at radius 3 is 2.87 bits per heavy atom. The second-order valence-corrected chi connectivity index (χ2v) is 4.50. The van der Waals surface area contributed by atoms with Crippen LogP contribution in [0.3, 0.4) is 0 Å². The molecule has 0 amide bonds. The normalized spacial score (nSPS) is 13.0. The van der Waals surface area contributed by atoms with Crippen LogP contribution in [-0.4, -0.2) is 21.6 Å². The van der Waals surface area contributed by atoms with E-state index in [1.807, 2.05) is 31.1 Å². The molecule has 1 unspecified atom stereocenters. The quantitative estimate of drug-likeness (QED) is 0.861. The zero-order valence-electron chi connectivity index (χ0n) is 9.06. The van der Waals surface area contributed by atoms with E-state index in [9.17, 15) is 0 Å². The van der Waals surface area contributed by atoms with Crippen LogP contribution in [0.2, 0.25) is 0 Å². The van der Waals surface area contributed by atoms with E-state index in [1.165, 1.54) is 4.88 Å². The number of rotatable bonds is 3. The van der Waals surface area contributed by atoms with Crippen LogP contribution in [-0.2, 0) is 7.05 Å². The number of hydrogen-bond acceptors (Lipinski definition) is 4. The summed E-state index contributed by atoms with van der Waals surface area (Å²) >= 11 is 1.68. The number of nitrogens with one attached hydrogen (secondary N) is 1. The third-order valence-electron chi connectivity index (χ3n) is 2.40. The lowest BCUT2D eigenvalue weighted by Gasteiger charge is -2.04. The van der Waals surface area contributed by atoms with Gasteiger partial charge in [-0.25, -0.2) is 9.97 Å². The van der Waals surface area contributed by atoms with Crippen molar-refractivity contribution in [3.63, 3.8) is 0 Å². The molecule has 2 heterocycles. The molecule has 2 aromatic heterocycles. The van der Waals surface area contributed by atoms with E-state index in [0.29, 0.717) is 6.04 Å². The number of nitrogens with zero attached hydrogens (tertiary/aromatic N) is 3. The summed E-state index contributed by atoms with van der Waals surface area (Å²) in [5, 5.41) is 4.17. The molecule has 1 N–H and O–H groups in total. The summed E-state index contributed by atoms with van der Waals surface area (Å²) in [6.07, 6.45) is 5.63. The fourth-order valence-corrected chi connectivity index (χ4v) is 2.32. The Bertz CT molecular complexity index is 446. The van der Waals surface area contributed by atoms with Gasteiger partial charge in [0.2, 0.25) is 0 Å². The van der Waals surface area contributed by atoms with Gasteiger partial charge in [-0.2, -0.15) is 0 Å². The van der Waals surface area contributed by atoms with E-state index < -0.39 is 0 Å². The first kappa shape index (κ1) is 10.3. The number of aryl methyl sites for hydroxylation is 1. The number of hydrogen-bond donors (Lipinski definition) is 1. The molecule has 0 aliphatic carbocycles. The largest absolute Gasteiger partial charge is 0.332 e. The highest BCUT2D eigenvalue weighted by atomic mass is 32.1. The standard InChI is InChI=1S/C10H14N4S/c1-7(11-2)8-6-13-10(15-8)9-12-4-5-14(9)3/h4-7,11H,1-3H3. The van der Waals surface area contributed by atoms with Crippen molar-refractivity contribution in [2.45, 2.75) is 13.0 Å². The summed E-state index contributed by atoms with van der Waals surface area (Å²) in [6.45, 7) is 2.12. The van der Waals surface area contributed by atoms with E-state index in [2.05, 4.69) is 22.2 Å². The van der Waals surface area contributed by atoms with Crippen molar-refractivity contribution in [1.82, 2.24) is 19.9 Å². The van der Waals surface area contributed by atoms with Gasteiger partial charge < -0.3 is 9.88 Å². The van der Waals surface area contributed by atoms with Crippen LogP contribution >= 0.6 is 11.3 Å². The fraction of sp³-hybridized carbons (Fsp3) is 0.400. The fourth-order valence-electron chi connectivity index (χ4n) is 1.30. The molecule has 0 aromatic carbocycles. The van der Waals surface area contributed by atoms with Crippen molar-refractivity contribution < 1.29 is 0 Å². The van der Waals surface area contributed by atoms with Gasteiger partial charge in [-0.15, -0.1) is 11.3 Å². The maximum Gasteiger partial charge on any atom is 0.168 e. The first-order valence-electron chi connectivity index (χ1n) is 4.83. The van der Waals surface area contributed by atoms with Gasteiger partial charge in [-0.05, 0) is 14.0 Å². The highest BCUT2D eigenvalue weighted by molar-refractivity contribution is 7.15. The minimum atomic E-state index is 0.344. The maximum absolute atomic E-state index is 4.38. The van der Waals surface area contributed by atoms with E-state index in [4.69, 9.17) is 0 Å². The molecule has 0 aliphatic heterocycles. The van der Waals surface area contributed by atoms with Crippen LogP contribution in [0.5, 0.6) is 0 Å². The Morgan fingerprint density at radius 2 is 2.27 bits per heavy atom. The molecule has 2 rings (SSSR count). The molecule has 0 saturated carbocycles. The SMILES string of the molecule is CNC(C)c1cnc(-c2nccn2C)s1. The van der Waals surface area contributed by atoms with Crippen molar-refractivity contribution in [2.75, 3.05) is 7.05 Å². The molecule has 15 heavy (non-hydrogen) atoms. The Balaban J connectivity index is 2.32. The summed E-state index contributed by atoms with van der Waals surface area (Å²) in [6, 6.07) is 0.344. The summed E-state index contributed by atoms with van der Waals surface area (Å²) < 4.78 is 1.98. The lowest BCUT2D eigenvalue weighted by atomic mass is 10.3. The second kappa shape index (κ2) is 4.12. The van der Waals surface area contributed by atoms with Gasteiger partial charge in [0.25, 0.3) is 0 Å². The van der Waals surface area contributed by atoms with Gasteiger partial charge >= 0.3 is 0 Å². The molecule has 5 heteroatoms. The minimum Gasteiger partial charge on any atom is -0.332 e. The Hall–Kier alpha value is -1.20. The summed E-state index contributed by atoms with van der Waals surface area (Å²) in [5.74, 6) is 0.926. The average Bonchev–Trinajstić information content (AvgIpc) is 2.84. The monoisotopic (exact) mass is 222 g/mol. The molecular formula is C10H14N4S. The predicted octanol–water partition coefficient (Wildman–Crippen LogP) is 1.82. The van der Waals surface area contributed by atoms with Crippen molar-refractivity contribution in [2.24, 2.45) is 7.05 Å². The molecule has 0 aliphatic rings. The Kier molecular flexibility index (Phi) is 2.83. The van der Waals surface area contributed by atoms with E-state index in [0.717, 1.165) is 10.8 Å². The van der Waals surface area contributed by atoms with Crippen LogP contribution in [0.15, 0.2) is 18.6 Å². The van der Waals surface area contributed by atoms with Crippen LogP contribution in [0, 0.1) is 0 Å². The Labute approximate surface area is 93.0 Å². The lowest BCUT2D eigenvalue weighted by Crippen LogP contribution is -2.10. The van der Waals surface area contributed by atoms with Crippen molar-refractivity contribution >= 4 is 11.3 Å². The zero-order chi connectivity index (χ0) is 10.8. The number of imidazole rings is 1. The molecular weight excluding hydrogens is 208 g/mol. The molecule has 4 nitrogen and oxygen atoms in total. The molecule has 0 saturated heterocycles. The van der Waals surface area contributed by atoms with Gasteiger partial charge in [-0.3, -0.25) is 0 Å². The van der Waals surface area contributed by atoms with Gasteiger partial charge in [0.1, 0.15) is 0 Å². The maximum atomic E-state index is 4.38. The van der Waals surface area contributed by atoms with Gasteiger partial charge in [-0.1, -0.05) is 0 Å². The molecule has 0 bridgehead atoms. The lowest BCUT2D eigenvalue weighted by molar-refractivity contribution is 0.662. The summed E-state index contributed by atoms with van der Waals surface area (Å²) in [4.78, 5) is 9.89. The smallest absolute Gasteiger partial charge is 0.168 e. The highest BCUT2D eigenvalue weighted by Gasteiger charge is 2.11. The van der Waals surface area contributed by atoms with Crippen LogP contribution in [0.25, 0.3) is 10.8 Å². The molecule has 0 spiro atoms. The molecule has 0 radical (unpaired) electrons. The van der Waals surface area contributed by atoms with Crippen LogP contribution < -0.4 is 5.32 Å². The van der Waals surface area contributed by atoms with Crippen LogP contribution in [0.1, 0.15) is 17.8 Å². The molecule has 0 fully saturated rings. The zero-order valence-corrected chi connectivity index (χ0v) is 9.88. The molecule has 2 aromatic rings. The first-order chi connectivity index (χ1) is 7.22. The van der Waals surface area contributed by atoms with E-state index in [1.54, 1.807) is 17.5 Å². The van der Waals surface area contributed by atoms with Crippen molar-refractivity contribution in [3.8, 4) is 10.8 Å². The molecule has 1 atom stereocenters. The minimum absolute atomic E-state index is 0.344. The predicted molar refractivity (Wildman–Crippen MR) is 61.8 cm³/mol. The summed E-state index contributed by atoms with van der Waals surface area (Å²) in [5.41, 5.74) is 0. The third-order valence-corrected chi connectivity index (χ3v) is 3.57. The summed E-state index contributed by atoms with van der Waals surface area (Å²) in [7, 11) is 3.93. The second-order valence-electron chi connectivity index (χ2n) is 3.44. The van der Waals surface area contributed by atoms with E-state index >= 15 is 0 Å². The highest BCUT2D eigenvalue weighted by Crippen LogP contribution is 2.26. The van der Waals surface area contributed by atoms with Crippen molar-refractivity contribution in [1.29, 1.82) is 0 Å². The van der Waals surface area contributed by atoms with E-state index in [-0.39, 0.29) is 0 Å². The average molecular weight is 222 g/mol. The topological polar surface area (TPSA) is 42.7 Å². The van der Waals surface area contributed by atoms with Gasteiger partial charge in [0.05, 0.1) is 0 Å². The molecule has 80 valence electrons.